The number of carbonyl (C=O) groups is 1. The molecule has 2 atom stereocenters. The van der Waals surface area contributed by atoms with Gasteiger partial charge >= 0.3 is 7.60 Å². The molecule has 6 nitrogen and oxygen atoms in total. The third-order valence-corrected chi connectivity index (χ3v) is 6.91. The van der Waals surface area contributed by atoms with E-state index in [1.807, 2.05) is 0 Å². The van der Waals surface area contributed by atoms with Crippen molar-refractivity contribution in [3.8, 4) is 6.07 Å². The van der Waals surface area contributed by atoms with Gasteiger partial charge in [-0.05, 0) is 37.6 Å². The van der Waals surface area contributed by atoms with Gasteiger partial charge in [-0.1, -0.05) is 46.3 Å². The average Bonchev–Trinajstić information content (AvgIpc) is 2.62. The summed E-state index contributed by atoms with van der Waals surface area (Å²) in [5.41, 5.74) is 1.18. The predicted molar refractivity (Wildman–Crippen MR) is 108 cm³/mol. The number of hydrogen-bond acceptors (Lipinski definition) is 5. The minimum absolute atomic E-state index is 0.142. The molecular formula is C19H22BrN2O4P. The maximum absolute atomic E-state index is 12.6. The number of nitriles is 1. The van der Waals surface area contributed by atoms with Gasteiger partial charge in [-0.3, -0.25) is 9.36 Å². The van der Waals surface area contributed by atoms with Crippen molar-refractivity contribution in [1.82, 2.24) is 5.32 Å². The zero-order chi connectivity index (χ0) is 19.9. The molecular weight excluding hydrogens is 431 g/mol. The summed E-state index contributed by atoms with van der Waals surface area (Å²) in [6.45, 7) is 4.12. The lowest BCUT2D eigenvalue weighted by atomic mass is 9.96. The van der Waals surface area contributed by atoms with Crippen molar-refractivity contribution in [2.75, 3.05) is 13.2 Å². The zero-order valence-corrected chi connectivity index (χ0v) is 17.7. The third kappa shape index (κ3) is 5.63. The Labute approximate surface area is 167 Å². The highest BCUT2D eigenvalue weighted by Crippen LogP contribution is 2.51. The molecule has 0 aromatic heterocycles. The molecule has 144 valence electrons. The van der Waals surface area contributed by atoms with Crippen LogP contribution in [-0.2, 0) is 19.8 Å². The van der Waals surface area contributed by atoms with E-state index in [2.05, 4.69) is 27.3 Å². The smallest absolute Gasteiger partial charge is 0.332 e. The molecule has 0 bridgehead atoms. The summed E-state index contributed by atoms with van der Waals surface area (Å²) in [5, 5.41) is 12.1. The largest absolute Gasteiger partial charge is 0.335 e. The molecule has 8 heteroatoms. The topological polar surface area (TPSA) is 88.4 Å². The van der Waals surface area contributed by atoms with Crippen molar-refractivity contribution in [2.24, 2.45) is 5.92 Å². The number of allylic oxidation sites excluding steroid dienone is 2. The van der Waals surface area contributed by atoms with Crippen LogP contribution in [0.4, 0.5) is 0 Å². The molecule has 2 rings (SSSR count). The molecule has 0 radical (unpaired) electrons. The minimum Gasteiger partial charge on any atom is -0.332 e. The van der Waals surface area contributed by atoms with Gasteiger partial charge in [-0.2, -0.15) is 5.26 Å². The lowest BCUT2D eigenvalue weighted by molar-refractivity contribution is 0.0935. The average molecular weight is 453 g/mol. The molecule has 1 N–H and O–H groups in total. The van der Waals surface area contributed by atoms with Gasteiger partial charge in [0.1, 0.15) is 10.4 Å². The molecule has 1 amide bonds. The van der Waals surface area contributed by atoms with Gasteiger partial charge in [-0.15, -0.1) is 0 Å². The summed E-state index contributed by atoms with van der Waals surface area (Å²) in [6.07, 6.45) is 7.13. The Morgan fingerprint density at radius 1 is 1.26 bits per heavy atom. The lowest BCUT2D eigenvalue weighted by Crippen LogP contribution is -2.47. The van der Waals surface area contributed by atoms with Crippen LogP contribution in [0, 0.1) is 17.2 Å². The number of rotatable bonds is 8. The van der Waals surface area contributed by atoms with Crippen LogP contribution in [0.15, 0.2) is 48.6 Å². The Morgan fingerprint density at radius 2 is 1.89 bits per heavy atom. The molecule has 0 aliphatic heterocycles. The van der Waals surface area contributed by atoms with Gasteiger partial charge in [0.15, 0.2) is 0 Å². The summed E-state index contributed by atoms with van der Waals surface area (Å²) in [6, 6.07) is 8.89. The fourth-order valence-corrected chi connectivity index (χ4v) is 4.91. The van der Waals surface area contributed by atoms with Crippen LogP contribution in [0.2, 0.25) is 0 Å². The van der Waals surface area contributed by atoms with Crippen molar-refractivity contribution in [1.29, 1.82) is 5.26 Å². The Kier molecular flexibility index (Phi) is 7.58. The van der Waals surface area contributed by atoms with E-state index in [1.54, 1.807) is 62.4 Å². The van der Waals surface area contributed by atoms with Gasteiger partial charge in [0.25, 0.3) is 5.91 Å². The van der Waals surface area contributed by atoms with E-state index < -0.39 is 18.0 Å². The van der Waals surface area contributed by atoms with Gasteiger partial charge in [0, 0.05) is 5.56 Å². The molecule has 0 saturated heterocycles. The van der Waals surface area contributed by atoms with Gasteiger partial charge < -0.3 is 14.4 Å². The van der Waals surface area contributed by atoms with E-state index in [9.17, 15) is 14.6 Å². The maximum atomic E-state index is 12.6. The van der Waals surface area contributed by atoms with Crippen LogP contribution in [0.25, 0.3) is 0 Å². The highest BCUT2D eigenvalue weighted by atomic mass is 79.9. The van der Waals surface area contributed by atoms with E-state index in [-0.39, 0.29) is 12.1 Å². The quantitative estimate of drug-likeness (QED) is 0.355. The van der Waals surface area contributed by atoms with E-state index in [4.69, 9.17) is 9.05 Å². The first kappa shape index (κ1) is 21.6. The molecule has 1 aliphatic rings. The summed E-state index contributed by atoms with van der Waals surface area (Å²) < 4.78 is 22.2. The second-order valence-corrected chi connectivity index (χ2v) is 9.24. The molecule has 0 fully saturated rings. The normalized spacial score (nSPS) is 21.6. The van der Waals surface area contributed by atoms with E-state index in [0.717, 1.165) is 5.56 Å². The van der Waals surface area contributed by atoms with Crippen LogP contribution >= 0.6 is 23.5 Å². The molecule has 2 unspecified atom stereocenters. The molecule has 1 aliphatic carbocycles. The van der Waals surface area contributed by atoms with Crippen LogP contribution in [-0.4, -0.2) is 23.6 Å². The number of benzene rings is 1. The second-order valence-electron chi connectivity index (χ2n) is 5.87. The fraction of sp³-hybridized carbons (Fsp3) is 0.368. The first-order valence-corrected chi connectivity index (χ1v) is 11.1. The van der Waals surface area contributed by atoms with Crippen molar-refractivity contribution in [2.45, 2.75) is 24.5 Å². The molecule has 0 spiro atoms. The summed E-state index contributed by atoms with van der Waals surface area (Å²) in [5.74, 6) is -0.842. The van der Waals surface area contributed by atoms with E-state index >= 15 is 0 Å². The summed E-state index contributed by atoms with van der Waals surface area (Å²) >= 11 is 3.45. The highest BCUT2D eigenvalue weighted by molar-refractivity contribution is 9.10. The first-order chi connectivity index (χ1) is 12.9. The van der Waals surface area contributed by atoms with E-state index in [0.29, 0.717) is 18.8 Å². The van der Waals surface area contributed by atoms with Crippen LogP contribution < -0.4 is 5.32 Å². The Balaban J connectivity index is 2.09. The Bertz CT molecular complexity index is 806. The Morgan fingerprint density at radius 3 is 2.44 bits per heavy atom. The number of hydrogen-bond donors (Lipinski definition) is 1. The first-order valence-electron chi connectivity index (χ1n) is 8.60. The maximum Gasteiger partial charge on any atom is 0.335 e. The molecule has 1 aromatic rings. The third-order valence-electron chi connectivity index (χ3n) is 3.89. The number of halogens is 1. The number of nitrogens with zero attached hydrogens (tertiary/aromatic N) is 1. The van der Waals surface area contributed by atoms with Crippen LogP contribution in [0.5, 0.6) is 0 Å². The molecule has 0 heterocycles. The van der Waals surface area contributed by atoms with Crippen LogP contribution in [0.1, 0.15) is 29.8 Å². The predicted octanol–water partition coefficient (Wildman–Crippen LogP) is 4.54. The fourth-order valence-electron chi connectivity index (χ4n) is 2.62. The number of carbonyl (C=O) groups excluding carboxylic acids is 1. The van der Waals surface area contributed by atoms with Gasteiger partial charge in [0.05, 0.1) is 25.4 Å². The summed E-state index contributed by atoms with van der Waals surface area (Å²) in [4.78, 5) is 12.6. The SMILES string of the molecule is CCOP(=O)(Cc1ccc(C(=O)NC2(Br)C=CC=CC2C#N)cc1)OCC. The number of alkyl halides is 1. The van der Waals surface area contributed by atoms with E-state index in [1.165, 1.54) is 0 Å². The minimum atomic E-state index is -3.19. The standard InChI is InChI=1S/C19H22BrN2O4P/c1-3-25-27(24,26-4-2)14-15-8-10-16(11-9-15)18(23)22-19(20)12-6-5-7-17(19)13-21/h5-12,17H,3-4,14H2,1-2H3,(H,22,23). The second kappa shape index (κ2) is 9.48. The highest BCUT2D eigenvalue weighted by Gasteiger charge is 2.35. The zero-order valence-electron chi connectivity index (χ0n) is 15.2. The summed E-state index contributed by atoms with van der Waals surface area (Å²) in [7, 11) is -3.19. The van der Waals surface area contributed by atoms with Crippen molar-refractivity contribution in [3.63, 3.8) is 0 Å². The molecule has 27 heavy (non-hydrogen) atoms. The lowest BCUT2D eigenvalue weighted by Gasteiger charge is -2.30. The van der Waals surface area contributed by atoms with Crippen molar-refractivity contribution < 1.29 is 18.4 Å². The van der Waals surface area contributed by atoms with Gasteiger partial charge in [0.2, 0.25) is 0 Å². The van der Waals surface area contributed by atoms with Crippen molar-refractivity contribution in [3.05, 3.63) is 59.7 Å². The van der Waals surface area contributed by atoms with Crippen LogP contribution in [0.3, 0.4) is 0 Å². The monoisotopic (exact) mass is 452 g/mol. The number of nitrogens with one attached hydrogen (secondary N) is 1. The molecule has 1 aromatic carbocycles. The van der Waals surface area contributed by atoms with Crippen molar-refractivity contribution >= 4 is 29.4 Å². The molecule has 0 saturated carbocycles. The number of amides is 1. The Hall–Kier alpha value is -1.71. The van der Waals surface area contributed by atoms with Gasteiger partial charge in [-0.25, -0.2) is 0 Å².